The largest absolute Gasteiger partial charge is 0.497 e. The maximum atomic E-state index is 12.6. The first-order valence-electron chi connectivity index (χ1n) is 9.93. The van der Waals surface area contributed by atoms with Crippen LogP contribution < -0.4 is 9.64 Å². The predicted octanol–water partition coefficient (Wildman–Crippen LogP) is 4.15. The van der Waals surface area contributed by atoms with Gasteiger partial charge < -0.3 is 14.5 Å². The SMILES string of the molecule is CCC(=O)N(c1ccccc1)C1CCN(CCc2ccc(OC)cc2)CC1. The molecular weight excluding hydrogens is 336 g/mol. The Morgan fingerprint density at radius 3 is 2.33 bits per heavy atom. The first kappa shape index (κ1) is 19.4. The van der Waals surface area contributed by atoms with Crippen molar-refractivity contribution >= 4 is 11.6 Å². The molecule has 1 amide bonds. The molecule has 0 spiro atoms. The van der Waals surface area contributed by atoms with Crippen LogP contribution in [0.3, 0.4) is 0 Å². The number of likely N-dealkylation sites (tertiary alicyclic amines) is 1. The number of nitrogens with zero attached hydrogens (tertiary/aromatic N) is 2. The third kappa shape index (κ3) is 5.10. The quantitative estimate of drug-likeness (QED) is 0.738. The highest BCUT2D eigenvalue weighted by Gasteiger charge is 2.28. The van der Waals surface area contributed by atoms with Gasteiger partial charge in [-0.1, -0.05) is 37.3 Å². The summed E-state index contributed by atoms with van der Waals surface area (Å²) in [6.45, 7) is 5.09. The number of amides is 1. The van der Waals surface area contributed by atoms with Crippen molar-refractivity contribution < 1.29 is 9.53 Å². The average molecular weight is 367 g/mol. The van der Waals surface area contributed by atoms with Crippen LogP contribution in [0.5, 0.6) is 5.75 Å². The van der Waals surface area contributed by atoms with Crippen LogP contribution in [0.25, 0.3) is 0 Å². The van der Waals surface area contributed by atoms with Crippen LogP contribution in [0.15, 0.2) is 54.6 Å². The molecule has 0 radical (unpaired) electrons. The number of benzene rings is 2. The van der Waals surface area contributed by atoms with E-state index in [-0.39, 0.29) is 5.91 Å². The van der Waals surface area contributed by atoms with Crippen molar-refractivity contribution in [2.45, 2.75) is 38.6 Å². The fraction of sp³-hybridized carbons (Fsp3) is 0.435. The van der Waals surface area contributed by atoms with E-state index in [4.69, 9.17) is 4.74 Å². The third-order valence-electron chi connectivity index (χ3n) is 5.40. The Labute approximate surface area is 162 Å². The summed E-state index contributed by atoms with van der Waals surface area (Å²) in [4.78, 5) is 17.1. The Bertz CT molecular complexity index is 707. The molecule has 0 atom stereocenters. The van der Waals surface area contributed by atoms with Gasteiger partial charge in [0.2, 0.25) is 5.91 Å². The zero-order valence-electron chi connectivity index (χ0n) is 16.4. The first-order chi connectivity index (χ1) is 13.2. The summed E-state index contributed by atoms with van der Waals surface area (Å²) >= 11 is 0. The van der Waals surface area contributed by atoms with Gasteiger partial charge in [-0.25, -0.2) is 0 Å². The topological polar surface area (TPSA) is 32.8 Å². The van der Waals surface area contributed by atoms with Gasteiger partial charge in [0.1, 0.15) is 5.75 Å². The first-order valence-corrected chi connectivity index (χ1v) is 9.93. The lowest BCUT2D eigenvalue weighted by molar-refractivity contribution is -0.119. The highest BCUT2D eigenvalue weighted by molar-refractivity contribution is 5.93. The van der Waals surface area contributed by atoms with Gasteiger partial charge in [-0.3, -0.25) is 4.79 Å². The lowest BCUT2D eigenvalue weighted by Crippen LogP contribution is -2.47. The van der Waals surface area contributed by atoms with E-state index in [0.717, 1.165) is 50.3 Å². The van der Waals surface area contributed by atoms with Gasteiger partial charge in [-0.05, 0) is 49.1 Å². The van der Waals surface area contributed by atoms with Crippen LogP contribution in [-0.4, -0.2) is 43.6 Å². The molecule has 0 bridgehead atoms. The zero-order chi connectivity index (χ0) is 19.1. The Morgan fingerprint density at radius 1 is 1.07 bits per heavy atom. The van der Waals surface area contributed by atoms with E-state index in [2.05, 4.69) is 17.0 Å². The Kier molecular flexibility index (Phi) is 6.88. The number of methoxy groups -OCH3 is 1. The molecule has 0 saturated carbocycles. The molecule has 1 saturated heterocycles. The molecule has 0 aliphatic carbocycles. The minimum Gasteiger partial charge on any atom is -0.497 e. The van der Waals surface area contributed by atoms with E-state index in [0.29, 0.717) is 12.5 Å². The number of hydrogen-bond acceptors (Lipinski definition) is 3. The van der Waals surface area contributed by atoms with E-state index >= 15 is 0 Å². The van der Waals surface area contributed by atoms with Crippen molar-refractivity contribution in [3.63, 3.8) is 0 Å². The van der Waals surface area contributed by atoms with Crippen molar-refractivity contribution in [1.29, 1.82) is 0 Å². The summed E-state index contributed by atoms with van der Waals surface area (Å²) in [5.74, 6) is 1.12. The van der Waals surface area contributed by atoms with Crippen LogP contribution in [0.2, 0.25) is 0 Å². The van der Waals surface area contributed by atoms with Gasteiger partial charge in [0.05, 0.1) is 7.11 Å². The number of carbonyl (C=O) groups excluding carboxylic acids is 1. The van der Waals surface area contributed by atoms with E-state index < -0.39 is 0 Å². The highest BCUT2D eigenvalue weighted by Crippen LogP contribution is 2.24. The summed E-state index contributed by atoms with van der Waals surface area (Å²) in [5.41, 5.74) is 2.37. The molecule has 144 valence electrons. The fourth-order valence-electron chi connectivity index (χ4n) is 3.80. The second kappa shape index (κ2) is 9.56. The van der Waals surface area contributed by atoms with E-state index in [1.165, 1.54) is 5.56 Å². The molecule has 0 unspecified atom stereocenters. The lowest BCUT2D eigenvalue weighted by atomic mass is 10.0. The molecule has 0 N–H and O–H groups in total. The molecule has 3 rings (SSSR count). The van der Waals surface area contributed by atoms with Crippen LogP contribution in [0, 0.1) is 0 Å². The summed E-state index contributed by atoms with van der Waals surface area (Å²) in [6.07, 6.45) is 3.66. The van der Waals surface area contributed by atoms with Crippen molar-refractivity contribution in [2.75, 3.05) is 31.6 Å². The lowest BCUT2D eigenvalue weighted by Gasteiger charge is -2.38. The van der Waals surface area contributed by atoms with E-state index in [1.54, 1.807) is 7.11 Å². The standard InChI is InChI=1S/C23H30N2O2/c1-3-23(26)25(20-7-5-4-6-8-20)21-14-17-24(18-15-21)16-13-19-9-11-22(27-2)12-10-19/h4-12,21H,3,13-18H2,1-2H3. The van der Waals surface area contributed by atoms with Crippen molar-refractivity contribution in [3.05, 3.63) is 60.2 Å². The number of ether oxygens (including phenoxy) is 1. The summed E-state index contributed by atoms with van der Waals surface area (Å²) in [5, 5.41) is 0. The Balaban J connectivity index is 1.54. The molecule has 2 aromatic rings. The molecule has 4 nitrogen and oxygen atoms in total. The fourth-order valence-corrected chi connectivity index (χ4v) is 3.80. The zero-order valence-corrected chi connectivity index (χ0v) is 16.4. The molecule has 27 heavy (non-hydrogen) atoms. The van der Waals surface area contributed by atoms with Gasteiger partial charge in [0.25, 0.3) is 0 Å². The van der Waals surface area contributed by atoms with Crippen LogP contribution in [-0.2, 0) is 11.2 Å². The minimum absolute atomic E-state index is 0.220. The maximum Gasteiger partial charge on any atom is 0.226 e. The van der Waals surface area contributed by atoms with E-state index in [9.17, 15) is 4.79 Å². The highest BCUT2D eigenvalue weighted by atomic mass is 16.5. The summed E-state index contributed by atoms with van der Waals surface area (Å²) in [6, 6.07) is 18.7. The molecule has 0 aromatic heterocycles. The number of rotatable bonds is 7. The van der Waals surface area contributed by atoms with Gasteiger partial charge in [-0.2, -0.15) is 0 Å². The Morgan fingerprint density at radius 2 is 1.74 bits per heavy atom. The van der Waals surface area contributed by atoms with Crippen LogP contribution in [0.4, 0.5) is 5.69 Å². The molecule has 1 aliphatic rings. The maximum absolute atomic E-state index is 12.6. The minimum atomic E-state index is 0.220. The molecule has 1 aliphatic heterocycles. The van der Waals surface area contributed by atoms with Crippen molar-refractivity contribution in [1.82, 2.24) is 4.90 Å². The summed E-state index contributed by atoms with van der Waals surface area (Å²) in [7, 11) is 1.70. The second-order valence-electron chi connectivity index (χ2n) is 7.12. The monoisotopic (exact) mass is 366 g/mol. The molecule has 1 heterocycles. The van der Waals surface area contributed by atoms with E-state index in [1.807, 2.05) is 54.3 Å². The molecular formula is C23H30N2O2. The molecule has 1 fully saturated rings. The number of anilines is 1. The average Bonchev–Trinajstić information content (AvgIpc) is 2.74. The number of carbonyl (C=O) groups is 1. The van der Waals surface area contributed by atoms with Crippen LogP contribution in [0.1, 0.15) is 31.7 Å². The smallest absolute Gasteiger partial charge is 0.226 e. The van der Waals surface area contributed by atoms with Gasteiger partial charge in [0.15, 0.2) is 0 Å². The number of hydrogen-bond donors (Lipinski definition) is 0. The van der Waals surface area contributed by atoms with Gasteiger partial charge in [-0.15, -0.1) is 0 Å². The normalized spacial score (nSPS) is 15.5. The number of para-hydroxylation sites is 1. The van der Waals surface area contributed by atoms with Gasteiger partial charge in [0, 0.05) is 37.8 Å². The molecule has 2 aromatic carbocycles. The second-order valence-corrected chi connectivity index (χ2v) is 7.12. The van der Waals surface area contributed by atoms with Gasteiger partial charge >= 0.3 is 0 Å². The predicted molar refractivity (Wildman–Crippen MR) is 110 cm³/mol. The van der Waals surface area contributed by atoms with Crippen LogP contribution >= 0.6 is 0 Å². The molecule has 4 heteroatoms. The van der Waals surface area contributed by atoms with Crippen molar-refractivity contribution in [3.8, 4) is 5.75 Å². The summed E-state index contributed by atoms with van der Waals surface area (Å²) < 4.78 is 5.22. The van der Waals surface area contributed by atoms with Crippen molar-refractivity contribution in [2.24, 2.45) is 0 Å². The Hall–Kier alpha value is -2.33. The third-order valence-corrected chi connectivity index (χ3v) is 5.40. The number of piperidine rings is 1.